The molecular formula is C13H24O4Si. The number of carbonyl (C=O) groups excluding carboxylic acids is 1. The van der Waals surface area contributed by atoms with Gasteiger partial charge in [-0.3, -0.25) is 0 Å². The number of aliphatic carboxylic acids is 1. The topological polar surface area (TPSA) is 63.6 Å². The second-order valence-corrected chi connectivity index (χ2v) is 11.1. The van der Waals surface area contributed by atoms with Crippen LogP contribution in [0.2, 0.25) is 19.6 Å². The predicted octanol–water partition coefficient (Wildman–Crippen LogP) is 2.85. The van der Waals surface area contributed by atoms with Crippen LogP contribution in [0, 0.1) is 5.92 Å². The number of rotatable bonds is 6. The van der Waals surface area contributed by atoms with Gasteiger partial charge in [-0.15, -0.1) is 0 Å². The molecule has 0 saturated carbocycles. The lowest BCUT2D eigenvalue weighted by Crippen LogP contribution is -2.41. The number of hydrogen-bond donors (Lipinski definition) is 1. The van der Waals surface area contributed by atoms with Crippen molar-refractivity contribution >= 4 is 20.0 Å². The van der Waals surface area contributed by atoms with Crippen LogP contribution in [0.1, 0.15) is 27.2 Å². The number of esters is 1. The summed E-state index contributed by atoms with van der Waals surface area (Å²) in [6.07, 6.45) is 1.71. The first-order valence-electron chi connectivity index (χ1n) is 6.25. The Morgan fingerprint density at radius 3 is 2.06 bits per heavy atom. The lowest BCUT2D eigenvalue weighted by molar-refractivity contribution is -0.142. The molecule has 0 heterocycles. The molecule has 0 bridgehead atoms. The average molecular weight is 272 g/mol. The molecular weight excluding hydrogens is 248 g/mol. The van der Waals surface area contributed by atoms with Crippen molar-refractivity contribution < 1.29 is 19.4 Å². The summed E-state index contributed by atoms with van der Waals surface area (Å²) in [6, 6.07) is 0. The molecule has 1 atom stereocenters. The molecule has 0 fully saturated rings. The van der Waals surface area contributed by atoms with E-state index < -0.39 is 20.0 Å². The zero-order valence-corrected chi connectivity index (χ0v) is 13.1. The highest BCUT2D eigenvalue weighted by Crippen LogP contribution is 2.19. The molecule has 0 aromatic heterocycles. The summed E-state index contributed by atoms with van der Waals surface area (Å²) < 4.78 is 5.48. The summed E-state index contributed by atoms with van der Waals surface area (Å²) in [7, 11) is -1.59. The number of carbonyl (C=O) groups is 2. The first-order valence-corrected chi connectivity index (χ1v) is 9.82. The van der Waals surface area contributed by atoms with E-state index in [1.54, 1.807) is 13.8 Å². The lowest BCUT2D eigenvalue weighted by Gasteiger charge is -2.28. The third-order valence-electron chi connectivity index (χ3n) is 2.72. The molecule has 0 amide bonds. The maximum atomic E-state index is 12.0. The van der Waals surface area contributed by atoms with Gasteiger partial charge in [0.15, 0.2) is 0 Å². The smallest absolute Gasteiger partial charge is 0.334 e. The van der Waals surface area contributed by atoms with E-state index in [1.807, 2.05) is 6.92 Å². The normalized spacial score (nSPS) is 14.5. The SMILES string of the molecule is CCC(OC(=O)C(=CC(=O)O)C(C)C)[Si](C)(C)C. The van der Waals surface area contributed by atoms with Crippen molar-refractivity contribution in [2.45, 2.75) is 52.6 Å². The molecule has 0 aliphatic rings. The molecule has 0 aromatic carbocycles. The number of carboxylic acid groups (broad SMARTS) is 1. The summed E-state index contributed by atoms with van der Waals surface area (Å²) >= 11 is 0. The molecule has 0 saturated heterocycles. The van der Waals surface area contributed by atoms with Crippen molar-refractivity contribution in [2.75, 3.05) is 0 Å². The third kappa shape index (κ3) is 5.49. The first kappa shape index (κ1) is 16.9. The molecule has 18 heavy (non-hydrogen) atoms. The van der Waals surface area contributed by atoms with Gasteiger partial charge in [0, 0.05) is 11.6 Å². The van der Waals surface area contributed by atoms with Gasteiger partial charge in [0.05, 0.1) is 13.8 Å². The lowest BCUT2D eigenvalue weighted by atomic mass is 10.0. The van der Waals surface area contributed by atoms with Crippen LogP contribution < -0.4 is 0 Å². The van der Waals surface area contributed by atoms with E-state index >= 15 is 0 Å². The van der Waals surface area contributed by atoms with Crippen molar-refractivity contribution in [1.29, 1.82) is 0 Å². The van der Waals surface area contributed by atoms with E-state index in [2.05, 4.69) is 19.6 Å². The zero-order chi connectivity index (χ0) is 14.5. The minimum Gasteiger partial charge on any atom is -0.478 e. The summed E-state index contributed by atoms with van der Waals surface area (Å²) in [5, 5.41) is 8.76. The fourth-order valence-corrected chi connectivity index (χ4v) is 3.35. The van der Waals surface area contributed by atoms with E-state index in [1.165, 1.54) is 0 Å². The molecule has 104 valence electrons. The first-order chi connectivity index (χ1) is 8.09. The summed E-state index contributed by atoms with van der Waals surface area (Å²) in [5.41, 5.74) is 0.139. The predicted molar refractivity (Wildman–Crippen MR) is 74.1 cm³/mol. The Kier molecular flexibility index (Phi) is 6.32. The van der Waals surface area contributed by atoms with Crippen LogP contribution in [0.3, 0.4) is 0 Å². The zero-order valence-electron chi connectivity index (χ0n) is 12.1. The van der Waals surface area contributed by atoms with Gasteiger partial charge in [-0.1, -0.05) is 40.4 Å². The minimum absolute atomic E-state index is 0.0825. The molecule has 4 nitrogen and oxygen atoms in total. The largest absolute Gasteiger partial charge is 0.478 e. The molecule has 0 aromatic rings. The Morgan fingerprint density at radius 1 is 1.28 bits per heavy atom. The minimum atomic E-state index is -1.59. The van der Waals surface area contributed by atoms with Crippen LogP contribution in [0.5, 0.6) is 0 Å². The van der Waals surface area contributed by atoms with Crippen LogP contribution in [0.15, 0.2) is 11.6 Å². The molecule has 5 heteroatoms. The van der Waals surface area contributed by atoms with Gasteiger partial charge < -0.3 is 9.84 Å². The van der Waals surface area contributed by atoms with Gasteiger partial charge in [0.1, 0.15) is 0 Å². The monoisotopic (exact) mass is 272 g/mol. The Bertz CT molecular complexity index is 339. The van der Waals surface area contributed by atoms with Crippen LogP contribution in [0.4, 0.5) is 0 Å². The number of carboxylic acids is 1. The second-order valence-electron chi connectivity index (χ2n) is 5.76. The van der Waals surface area contributed by atoms with E-state index in [4.69, 9.17) is 9.84 Å². The molecule has 0 radical (unpaired) electrons. The maximum absolute atomic E-state index is 12.0. The molecule has 0 spiro atoms. The van der Waals surface area contributed by atoms with Gasteiger partial charge in [0.25, 0.3) is 0 Å². The van der Waals surface area contributed by atoms with Crippen molar-refractivity contribution in [3.63, 3.8) is 0 Å². The molecule has 1 N–H and O–H groups in total. The molecule has 0 aliphatic heterocycles. The molecule has 1 unspecified atom stereocenters. The quantitative estimate of drug-likeness (QED) is 0.459. The molecule has 0 aliphatic carbocycles. The standard InChI is InChI=1S/C13H24O4Si/c1-7-12(18(4,5)6)17-13(16)10(9(2)3)8-11(14)15/h8-9,12H,7H2,1-6H3,(H,14,15). The Morgan fingerprint density at radius 2 is 1.78 bits per heavy atom. The highest BCUT2D eigenvalue weighted by atomic mass is 28.3. The van der Waals surface area contributed by atoms with Crippen LogP contribution in [-0.4, -0.2) is 30.8 Å². The van der Waals surface area contributed by atoms with Gasteiger partial charge in [-0.25, -0.2) is 9.59 Å². The summed E-state index contributed by atoms with van der Waals surface area (Å²) in [4.78, 5) is 22.7. The number of ether oxygens (including phenoxy) is 1. The van der Waals surface area contributed by atoms with Gasteiger partial charge >= 0.3 is 11.9 Å². The van der Waals surface area contributed by atoms with E-state index in [-0.39, 0.29) is 17.2 Å². The van der Waals surface area contributed by atoms with Crippen molar-refractivity contribution in [3.05, 3.63) is 11.6 Å². The average Bonchev–Trinajstić information content (AvgIpc) is 2.19. The van der Waals surface area contributed by atoms with Gasteiger partial charge in [-0.05, 0) is 12.3 Å². The van der Waals surface area contributed by atoms with Gasteiger partial charge in [-0.2, -0.15) is 0 Å². The Balaban J connectivity index is 4.97. The van der Waals surface area contributed by atoms with Crippen LogP contribution in [-0.2, 0) is 14.3 Å². The number of hydrogen-bond acceptors (Lipinski definition) is 3. The van der Waals surface area contributed by atoms with Crippen LogP contribution >= 0.6 is 0 Å². The fourth-order valence-electron chi connectivity index (χ4n) is 1.66. The fraction of sp³-hybridized carbons (Fsp3) is 0.692. The Labute approximate surface area is 110 Å². The van der Waals surface area contributed by atoms with Crippen LogP contribution in [0.25, 0.3) is 0 Å². The van der Waals surface area contributed by atoms with E-state index in [0.29, 0.717) is 0 Å². The third-order valence-corrected chi connectivity index (χ3v) is 5.18. The summed E-state index contributed by atoms with van der Waals surface area (Å²) in [5.74, 6) is -1.77. The highest BCUT2D eigenvalue weighted by Gasteiger charge is 2.30. The summed E-state index contributed by atoms with van der Waals surface area (Å²) in [6.45, 7) is 11.9. The maximum Gasteiger partial charge on any atom is 0.334 e. The second kappa shape index (κ2) is 6.73. The Hall–Kier alpha value is -1.10. The molecule has 0 rings (SSSR count). The van der Waals surface area contributed by atoms with Crippen molar-refractivity contribution in [3.8, 4) is 0 Å². The van der Waals surface area contributed by atoms with E-state index in [0.717, 1.165) is 12.5 Å². The van der Waals surface area contributed by atoms with Gasteiger partial charge in [0.2, 0.25) is 0 Å². The highest BCUT2D eigenvalue weighted by molar-refractivity contribution is 6.77. The van der Waals surface area contributed by atoms with Crippen molar-refractivity contribution in [2.24, 2.45) is 5.92 Å². The van der Waals surface area contributed by atoms with Crippen molar-refractivity contribution in [1.82, 2.24) is 0 Å². The van der Waals surface area contributed by atoms with E-state index in [9.17, 15) is 9.59 Å².